The van der Waals surface area contributed by atoms with Crippen LogP contribution in [-0.2, 0) is 11.4 Å². The lowest BCUT2D eigenvalue weighted by Gasteiger charge is -2.11. The molecule has 0 spiro atoms. The summed E-state index contributed by atoms with van der Waals surface area (Å²) in [7, 11) is 0. The summed E-state index contributed by atoms with van der Waals surface area (Å²) >= 11 is 3.28. The number of rotatable bonds is 7. The third-order valence-corrected chi connectivity index (χ3v) is 4.65. The van der Waals surface area contributed by atoms with Crippen LogP contribution in [0.25, 0.3) is 10.9 Å². The third kappa shape index (κ3) is 4.03. The maximum Gasteiger partial charge on any atom is 0.292 e. The van der Waals surface area contributed by atoms with Crippen molar-refractivity contribution >= 4 is 38.5 Å². The first-order chi connectivity index (χ1) is 13.0. The van der Waals surface area contributed by atoms with Crippen LogP contribution in [0.1, 0.15) is 29.3 Å². The molecule has 3 aromatic rings. The van der Waals surface area contributed by atoms with Crippen molar-refractivity contribution in [2.24, 2.45) is 0 Å². The number of fused-ring (bicyclic) bond motifs is 1. The molecule has 0 fully saturated rings. The van der Waals surface area contributed by atoms with Gasteiger partial charge in [-0.25, -0.2) is 4.39 Å². The minimum atomic E-state index is -0.739. The molecule has 0 aliphatic rings. The van der Waals surface area contributed by atoms with E-state index >= 15 is 0 Å². The van der Waals surface area contributed by atoms with Crippen molar-refractivity contribution in [3.63, 3.8) is 0 Å². The smallest absolute Gasteiger partial charge is 0.292 e. The number of halogens is 2. The largest absolute Gasteiger partial charge is 0.485 e. The Bertz CT molecular complexity index is 986. The molecule has 7 heteroatoms. The van der Waals surface area contributed by atoms with Gasteiger partial charge in [0, 0.05) is 17.2 Å². The van der Waals surface area contributed by atoms with Crippen molar-refractivity contribution in [1.29, 1.82) is 0 Å². The Morgan fingerprint density at radius 2 is 2.00 bits per heavy atom. The van der Waals surface area contributed by atoms with Crippen LogP contribution in [0.3, 0.4) is 0 Å². The number of hydrogen-bond acceptors (Lipinski definition) is 3. The number of carbonyl (C=O) groups excluding carboxylic acids is 2. The van der Waals surface area contributed by atoms with Gasteiger partial charge in [-0.2, -0.15) is 0 Å². The van der Waals surface area contributed by atoms with E-state index in [0.29, 0.717) is 23.0 Å². The molecule has 2 aromatic carbocycles. The lowest BCUT2D eigenvalue weighted by atomic mass is 10.1. The van der Waals surface area contributed by atoms with E-state index in [0.717, 1.165) is 5.56 Å². The summed E-state index contributed by atoms with van der Waals surface area (Å²) in [5, 5.41) is 2.79. The number of Topliss-reactive ketones (excluding diaryl/α,β-unsaturated/α-hetero) is 1. The molecule has 0 saturated carbocycles. The highest BCUT2D eigenvalue weighted by atomic mass is 79.9. The SMILES string of the molecule is CCCNC(=O)C(=O)c1c[nH]c2c(Br)cc(F)c(OCc3ccccc3)c12. The highest BCUT2D eigenvalue weighted by Crippen LogP contribution is 2.37. The van der Waals surface area contributed by atoms with Gasteiger partial charge in [-0.05, 0) is 34.0 Å². The van der Waals surface area contributed by atoms with E-state index in [4.69, 9.17) is 4.74 Å². The lowest BCUT2D eigenvalue weighted by Crippen LogP contribution is -2.31. The van der Waals surface area contributed by atoms with Crippen LogP contribution in [0.2, 0.25) is 0 Å². The summed E-state index contributed by atoms with van der Waals surface area (Å²) in [6.45, 7) is 2.41. The molecule has 0 atom stereocenters. The second-order valence-corrected chi connectivity index (χ2v) is 6.84. The van der Waals surface area contributed by atoms with Crippen LogP contribution in [0.15, 0.2) is 47.1 Å². The zero-order valence-electron chi connectivity index (χ0n) is 14.6. The maximum atomic E-state index is 14.6. The fourth-order valence-electron chi connectivity index (χ4n) is 2.71. The molecule has 0 radical (unpaired) electrons. The molecule has 0 bridgehead atoms. The van der Waals surface area contributed by atoms with Crippen molar-refractivity contribution in [2.75, 3.05) is 6.54 Å². The summed E-state index contributed by atoms with van der Waals surface area (Å²) in [6, 6.07) is 10.6. The van der Waals surface area contributed by atoms with E-state index in [1.165, 1.54) is 12.3 Å². The molecule has 140 valence electrons. The molecule has 3 rings (SSSR count). The molecule has 1 aromatic heterocycles. The normalized spacial score (nSPS) is 10.8. The zero-order valence-corrected chi connectivity index (χ0v) is 16.2. The van der Waals surface area contributed by atoms with Crippen LogP contribution >= 0.6 is 15.9 Å². The molecule has 5 nitrogen and oxygen atoms in total. The van der Waals surface area contributed by atoms with Gasteiger partial charge in [0.1, 0.15) is 6.61 Å². The standard InChI is InChI=1S/C20H18BrFN2O3/c1-2-8-23-20(26)18(25)13-10-24-17-14(21)9-15(22)19(16(13)17)27-11-12-6-4-3-5-7-12/h3-7,9-10,24H,2,8,11H2,1H3,(H,23,26). The van der Waals surface area contributed by atoms with E-state index in [1.807, 2.05) is 37.3 Å². The quantitative estimate of drug-likeness (QED) is 0.430. The summed E-state index contributed by atoms with van der Waals surface area (Å²) in [5.41, 5.74) is 1.42. The molecule has 1 heterocycles. The Balaban J connectivity index is 2.01. The van der Waals surface area contributed by atoms with Gasteiger partial charge >= 0.3 is 0 Å². The number of hydrogen-bond donors (Lipinski definition) is 2. The average Bonchev–Trinajstić information content (AvgIpc) is 3.11. The van der Waals surface area contributed by atoms with Crippen molar-refractivity contribution in [2.45, 2.75) is 20.0 Å². The zero-order chi connectivity index (χ0) is 19.4. The highest BCUT2D eigenvalue weighted by molar-refractivity contribution is 9.10. The summed E-state index contributed by atoms with van der Waals surface area (Å²) in [4.78, 5) is 27.6. The number of aromatic nitrogens is 1. The van der Waals surface area contributed by atoms with Gasteiger partial charge in [-0.3, -0.25) is 9.59 Å². The predicted octanol–water partition coefficient (Wildman–Crippen LogP) is 4.36. The highest BCUT2D eigenvalue weighted by Gasteiger charge is 2.25. The number of H-pyrrole nitrogens is 1. The van der Waals surface area contributed by atoms with E-state index < -0.39 is 17.5 Å². The minimum absolute atomic E-state index is 0.0649. The number of amides is 1. The third-order valence-electron chi connectivity index (χ3n) is 4.03. The molecular formula is C20H18BrFN2O3. The minimum Gasteiger partial charge on any atom is -0.485 e. The van der Waals surface area contributed by atoms with Crippen LogP contribution in [-0.4, -0.2) is 23.2 Å². The summed E-state index contributed by atoms with van der Waals surface area (Å²) in [6.07, 6.45) is 2.11. The van der Waals surface area contributed by atoms with Crippen LogP contribution in [0.5, 0.6) is 5.75 Å². The summed E-state index contributed by atoms with van der Waals surface area (Å²) < 4.78 is 20.8. The molecule has 0 saturated heterocycles. The van der Waals surface area contributed by atoms with Gasteiger partial charge in [0.15, 0.2) is 11.6 Å². The molecular weight excluding hydrogens is 415 g/mol. The van der Waals surface area contributed by atoms with Crippen LogP contribution in [0, 0.1) is 5.82 Å². The summed E-state index contributed by atoms with van der Waals surface area (Å²) in [5.74, 6) is -2.15. The molecule has 2 N–H and O–H groups in total. The second kappa shape index (κ2) is 8.35. The van der Waals surface area contributed by atoms with Crippen LogP contribution in [0.4, 0.5) is 4.39 Å². The molecule has 27 heavy (non-hydrogen) atoms. The molecule has 0 unspecified atom stereocenters. The molecule has 0 aliphatic carbocycles. The van der Waals surface area contributed by atoms with E-state index in [2.05, 4.69) is 26.2 Å². The number of aromatic amines is 1. The Morgan fingerprint density at radius 3 is 2.70 bits per heavy atom. The first kappa shape index (κ1) is 19.1. The lowest BCUT2D eigenvalue weighted by molar-refractivity contribution is -0.116. The topological polar surface area (TPSA) is 71.2 Å². The predicted molar refractivity (Wildman–Crippen MR) is 104 cm³/mol. The Morgan fingerprint density at radius 1 is 1.26 bits per heavy atom. The maximum absolute atomic E-state index is 14.6. The number of benzene rings is 2. The van der Waals surface area contributed by atoms with Gasteiger partial charge < -0.3 is 15.0 Å². The molecule has 0 aliphatic heterocycles. The average molecular weight is 433 g/mol. The molecule has 1 amide bonds. The first-order valence-electron chi connectivity index (χ1n) is 8.51. The first-order valence-corrected chi connectivity index (χ1v) is 9.30. The monoisotopic (exact) mass is 432 g/mol. The van der Waals surface area contributed by atoms with E-state index in [1.54, 1.807) is 0 Å². The Kier molecular flexibility index (Phi) is 5.91. The Labute approximate surface area is 164 Å². The van der Waals surface area contributed by atoms with Crippen molar-refractivity contribution in [3.05, 3.63) is 64.0 Å². The van der Waals surface area contributed by atoms with E-state index in [9.17, 15) is 14.0 Å². The Hall–Kier alpha value is -2.67. The number of nitrogens with one attached hydrogen (secondary N) is 2. The van der Waals surface area contributed by atoms with Gasteiger partial charge in [0.25, 0.3) is 11.7 Å². The van der Waals surface area contributed by atoms with Crippen LogP contribution < -0.4 is 10.1 Å². The van der Waals surface area contributed by atoms with Gasteiger partial charge in [-0.15, -0.1) is 0 Å². The van der Waals surface area contributed by atoms with Gasteiger partial charge in [0.2, 0.25) is 0 Å². The fourth-order valence-corrected chi connectivity index (χ4v) is 3.22. The van der Waals surface area contributed by atoms with Crippen molar-refractivity contribution in [3.8, 4) is 5.75 Å². The second-order valence-electron chi connectivity index (χ2n) is 5.98. The van der Waals surface area contributed by atoms with Gasteiger partial charge in [-0.1, -0.05) is 37.3 Å². The van der Waals surface area contributed by atoms with Crippen molar-refractivity contribution < 1.29 is 18.7 Å². The number of ketones is 1. The van der Waals surface area contributed by atoms with Gasteiger partial charge in [0.05, 0.1) is 16.5 Å². The number of ether oxygens (including phenoxy) is 1. The fraction of sp³-hybridized carbons (Fsp3) is 0.200. The van der Waals surface area contributed by atoms with Crippen molar-refractivity contribution in [1.82, 2.24) is 10.3 Å². The number of carbonyl (C=O) groups is 2. The van der Waals surface area contributed by atoms with E-state index in [-0.39, 0.29) is 23.3 Å².